The molecule has 1 saturated carbocycles. The lowest BCUT2D eigenvalue weighted by atomic mass is 10.1. The molecule has 1 amide bonds. The molecule has 0 aromatic heterocycles. The normalized spacial score (nSPS) is 16.2. The van der Waals surface area contributed by atoms with Crippen LogP contribution in [0.5, 0.6) is 5.75 Å². The second-order valence-electron chi connectivity index (χ2n) is 4.72. The van der Waals surface area contributed by atoms with Crippen LogP contribution in [0.1, 0.15) is 23.2 Å². The van der Waals surface area contributed by atoms with Crippen molar-refractivity contribution >= 4 is 17.5 Å². The van der Waals surface area contributed by atoms with Crippen LogP contribution in [0.2, 0.25) is 0 Å². The summed E-state index contributed by atoms with van der Waals surface area (Å²) in [5.41, 5.74) is 0.317. The third-order valence-electron chi connectivity index (χ3n) is 3.19. The van der Waals surface area contributed by atoms with Crippen LogP contribution >= 0.6 is 11.6 Å². The van der Waals surface area contributed by atoms with E-state index in [4.69, 9.17) is 11.6 Å². The summed E-state index contributed by atoms with van der Waals surface area (Å²) in [6.07, 6.45) is 2.01. The van der Waals surface area contributed by atoms with Crippen molar-refractivity contribution in [1.29, 1.82) is 0 Å². The Kier molecular flexibility index (Phi) is 4.24. The quantitative estimate of drug-likeness (QED) is 0.818. The van der Waals surface area contributed by atoms with Gasteiger partial charge >= 0.3 is 6.61 Å². The van der Waals surface area contributed by atoms with E-state index in [0.717, 1.165) is 12.8 Å². The van der Waals surface area contributed by atoms with Gasteiger partial charge in [-0.1, -0.05) is 6.07 Å². The zero-order chi connectivity index (χ0) is 13.9. The van der Waals surface area contributed by atoms with Crippen molar-refractivity contribution in [3.8, 4) is 5.75 Å². The van der Waals surface area contributed by atoms with Gasteiger partial charge < -0.3 is 10.1 Å². The van der Waals surface area contributed by atoms with Crippen molar-refractivity contribution < 1.29 is 18.3 Å². The topological polar surface area (TPSA) is 38.3 Å². The summed E-state index contributed by atoms with van der Waals surface area (Å²) in [5.74, 6) is 0.180. The van der Waals surface area contributed by atoms with Crippen LogP contribution in [0.4, 0.5) is 8.78 Å². The molecule has 1 aliphatic carbocycles. The van der Waals surface area contributed by atoms with Gasteiger partial charge in [0.05, 0.1) is 0 Å². The molecule has 0 atom stereocenters. The molecular formula is C13H14ClF2NO2. The molecule has 0 bridgehead atoms. The SMILES string of the molecule is O=C(NCC1(CCl)CC1)c1cccc(OC(F)F)c1. The summed E-state index contributed by atoms with van der Waals surface area (Å²) >= 11 is 5.81. The Hall–Kier alpha value is -1.36. The second-order valence-corrected chi connectivity index (χ2v) is 4.99. The Morgan fingerprint density at radius 1 is 1.47 bits per heavy atom. The standard InChI is InChI=1S/C13H14ClF2NO2/c14-7-13(4-5-13)8-17-11(18)9-2-1-3-10(6-9)19-12(15)16/h1-3,6,12H,4-5,7-8H2,(H,17,18). The molecule has 0 radical (unpaired) electrons. The zero-order valence-electron chi connectivity index (χ0n) is 10.2. The number of nitrogens with one attached hydrogen (secondary N) is 1. The Balaban J connectivity index is 1.95. The van der Waals surface area contributed by atoms with Gasteiger partial charge in [-0.2, -0.15) is 8.78 Å². The molecule has 2 rings (SSSR count). The second kappa shape index (κ2) is 5.74. The highest BCUT2D eigenvalue weighted by Gasteiger charge is 2.41. The smallest absolute Gasteiger partial charge is 0.387 e. The minimum atomic E-state index is -2.90. The number of hydrogen-bond acceptors (Lipinski definition) is 2. The predicted molar refractivity (Wildman–Crippen MR) is 67.8 cm³/mol. The van der Waals surface area contributed by atoms with Gasteiger partial charge in [-0.15, -0.1) is 11.6 Å². The first-order valence-electron chi connectivity index (χ1n) is 5.94. The lowest BCUT2D eigenvalue weighted by Crippen LogP contribution is -2.31. The van der Waals surface area contributed by atoms with Gasteiger partial charge in [0.25, 0.3) is 5.91 Å². The van der Waals surface area contributed by atoms with E-state index < -0.39 is 6.61 Å². The molecule has 1 aliphatic rings. The lowest BCUT2D eigenvalue weighted by Gasteiger charge is -2.13. The number of amides is 1. The Labute approximate surface area is 114 Å². The third-order valence-corrected chi connectivity index (χ3v) is 3.75. The molecule has 6 heteroatoms. The first kappa shape index (κ1) is 14.1. The van der Waals surface area contributed by atoms with Crippen LogP contribution in [-0.4, -0.2) is 24.9 Å². The lowest BCUT2D eigenvalue weighted by molar-refractivity contribution is -0.0498. The number of halogens is 3. The highest BCUT2D eigenvalue weighted by Crippen LogP contribution is 2.45. The van der Waals surface area contributed by atoms with Crippen LogP contribution < -0.4 is 10.1 Å². The fourth-order valence-electron chi connectivity index (χ4n) is 1.72. The number of rotatable bonds is 6. The van der Waals surface area contributed by atoms with Gasteiger partial charge in [0.2, 0.25) is 0 Å². The van der Waals surface area contributed by atoms with Gasteiger partial charge in [0.1, 0.15) is 5.75 Å². The van der Waals surface area contributed by atoms with Gasteiger partial charge in [-0.3, -0.25) is 4.79 Å². The number of ether oxygens (including phenoxy) is 1. The van der Waals surface area contributed by atoms with E-state index in [9.17, 15) is 13.6 Å². The van der Waals surface area contributed by atoms with Crippen molar-refractivity contribution in [2.24, 2.45) is 5.41 Å². The molecule has 1 fully saturated rings. The number of hydrogen-bond donors (Lipinski definition) is 1. The van der Waals surface area contributed by atoms with Crippen molar-refractivity contribution in [3.63, 3.8) is 0 Å². The molecule has 1 aromatic rings. The minimum absolute atomic E-state index is 0.0221. The molecular weight excluding hydrogens is 276 g/mol. The molecule has 0 spiro atoms. The average molecular weight is 290 g/mol. The number of carbonyl (C=O) groups is 1. The summed E-state index contributed by atoms with van der Waals surface area (Å²) < 4.78 is 28.4. The zero-order valence-corrected chi connectivity index (χ0v) is 10.9. The van der Waals surface area contributed by atoms with Gasteiger partial charge in [0.15, 0.2) is 0 Å². The highest BCUT2D eigenvalue weighted by molar-refractivity contribution is 6.18. The van der Waals surface area contributed by atoms with Gasteiger partial charge in [-0.25, -0.2) is 0 Å². The van der Waals surface area contributed by atoms with E-state index in [1.807, 2.05) is 0 Å². The van der Waals surface area contributed by atoms with E-state index in [0.29, 0.717) is 18.0 Å². The summed E-state index contributed by atoms with van der Waals surface area (Å²) in [6.45, 7) is -2.39. The Bertz CT molecular complexity index is 464. The number of benzene rings is 1. The summed E-state index contributed by atoms with van der Waals surface area (Å²) in [5, 5.41) is 2.77. The van der Waals surface area contributed by atoms with Crippen molar-refractivity contribution in [1.82, 2.24) is 5.32 Å². The Morgan fingerprint density at radius 2 is 2.21 bits per heavy atom. The summed E-state index contributed by atoms with van der Waals surface area (Å²) in [7, 11) is 0. The monoisotopic (exact) mass is 289 g/mol. The van der Waals surface area contributed by atoms with E-state index in [1.165, 1.54) is 18.2 Å². The molecule has 0 saturated heterocycles. The molecule has 0 aliphatic heterocycles. The van der Waals surface area contributed by atoms with E-state index in [2.05, 4.69) is 10.1 Å². The molecule has 0 unspecified atom stereocenters. The number of carbonyl (C=O) groups excluding carboxylic acids is 1. The molecule has 19 heavy (non-hydrogen) atoms. The van der Waals surface area contributed by atoms with E-state index in [-0.39, 0.29) is 17.1 Å². The largest absolute Gasteiger partial charge is 0.435 e. The van der Waals surface area contributed by atoms with Crippen molar-refractivity contribution in [2.75, 3.05) is 12.4 Å². The maximum absolute atomic E-state index is 12.1. The molecule has 0 heterocycles. The molecule has 3 nitrogen and oxygen atoms in total. The molecule has 1 N–H and O–H groups in total. The van der Waals surface area contributed by atoms with Crippen molar-refractivity contribution in [3.05, 3.63) is 29.8 Å². The van der Waals surface area contributed by atoms with E-state index >= 15 is 0 Å². The van der Waals surface area contributed by atoms with Gasteiger partial charge in [-0.05, 0) is 31.0 Å². The van der Waals surface area contributed by atoms with E-state index in [1.54, 1.807) is 6.07 Å². The van der Waals surface area contributed by atoms with Crippen LogP contribution in [0, 0.1) is 5.41 Å². The van der Waals surface area contributed by atoms with Crippen molar-refractivity contribution in [2.45, 2.75) is 19.5 Å². The number of alkyl halides is 3. The molecule has 1 aromatic carbocycles. The molecule has 104 valence electrons. The summed E-state index contributed by atoms with van der Waals surface area (Å²) in [6, 6.07) is 5.72. The van der Waals surface area contributed by atoms with Gasteiger partial charge in [0, 0.05) is 23.4 Å². The first-order valence-corrected chi connectivity index (χ1v) is 6.47. The van der Waals surface area contributed by atoms with Crippen LogP contribution in [0.15, 0.2) is 24.3 Å². The average Bonchev–Trinajstić information content (AvgIpc) is 3.16. The highest BCUT2D eigenvalue weighted by atomic mass is 35.5. The summed E-state index contributed by atoms with van der Waals surface area (Å²) in [4.78, 5) is 11.9. The minimum Gasteiger partial charge on any atom is -0.435 e. The fraction of sp³-hybridized carbons (Fsp3) is 0.462. The van der Waals surface area contributed by atoms with Crippen LogP contribution in [-0.2, 0) is 0 Å². The third kappa shape index (κ3) is 3.80. The van der Waals surface area contributed by atoms with Crippen LogP contribution in [0.3, 0.4) is 0 Å². The maximum atomic E-state index is 12.1. The maximum Gasteiger partial charge on any atom is 0.387 e. The fourth-order valence-corrected chi connectivity index (χ4v) is 2.08. The first-order chi connectivity index (χ1) is 9.04. The Morgan fingerprint density at radius 3 is 2.79 bits per heavy atom. The predicted octanol–water partition coefficient (Wildman–Crippen LogP) is 3.04. The van der Waals surface area contributed by atoms with Crippen LogP contribution in [0.25, 0.3) is 0 Å².